The molecule has 2 heterocycles. The van der Waals surface area contributed by atoms with Crippen molar-refractivity contribution in [3.63, 3.8) is 0 Å². The molecule has 3 nitrogen and oxygen atoms in total. The Bertz CT molecular complexity index is 1040. The van der Waals surface area contributed by atoms with Crippen LogP contribution < -0.4 is 9.64 Å². The molecule has 0 fully saturated rings. The summed E-state index contributed by atoms with van der Waals surface area (Å²) in [5.41, 5.74) is 3.03. The second-order valence-corrected chi connectivity index (χ2v) is 9.24. The van der Waals surface area contributed by atoms with Gasteiger partial charge in [-0.2, -0.15) is 13.2 Å². The van der Waals surface area contributed by atoms with Crippen LogP contribution in [0.5, 0.6) is 5.75 Å². The van der Waals surface area contributed by atoms with Crippen molar-refractivity contribution in [1.82, 2.24) is 4.98 Å². The Labute approximate surface area is 178 Å². The van der Waals surface area contributed by atoms with Crippen LogP contribution in [0.1, 0.15) is 37.5 Å². The monoisotopic (exact) mass is 432 g/mol. The summed E-state index contributed by atoms with van der Waals surface area (Å²) >= 11 is 1.51. The van der Waals surface area contributed by atoms with Gasteiger partial charge in [-0.15, -0.1) is 11.3 Å². The largest absolute Gasteiger partial charge is 0.488 e. The molecular formula is C23H23F3N2OS. The van der Waals surface area contributed by atoms with Gasteiger partial charge in [-0.1, -0.05) is 18.2 Å². The second-order valence-electron chi connectivity index (χ2n) is 8.41. The molecule has 1 aliphatic rings. The summed E-state index contributed by atoms with van der Waals surface area (Å²) in [7, 11) is 0. The fourth-order valence-electron chi connectivity index (χ4n) is 3.48. The first-order valence-corrected chi connectivity index (χ1v) is 10.7. The molecule has 7 heteroatoms. The Kier molecular flexibility index (Phi) is 5.26. The average Bonchev–Trinajstić information content (AvgIpc) is 3.16. The van der Waals surface area contributed by atoms with E-state index in [9.17, 15) is 13.2 Å². The van der Waals surface area contributed by atoms with Crippen molar-refractivity contribution in [2.24, 2.45) is 0 Å². The van der Waals surface area contributed by atoms with Crippen molar-refractivity contribution < 1.29 is 17.9 Å². The van der Waals surface area contributed by atoms with Gasteiger partial charge in [0.1, 0.15) is 11.4 Å². The summed E-state index contributed by atoms with van der Waals surface area (Å²) < 4.78 is 44.3. The smallest absolute Gasteiger partial charge is 0.416 e. The van der Waals surface area contributed by atoms with Gasteiger partial charge in [-0.3, -0.25) is 0 Å². The first-order valence-electron chi connectivity index (χ1n) is 9.77. The van der Waals surface area contributed by atoms with Crippen LogP contribution in [0.2, 0.25) is 0 Å². The first-order chi connectivity index (χ1) is 14.1. The van der Waals surface area contributed by atoms with Gasteiger partial charge in [-0.05, 0) is 62.6 Å². The van der Waals surface area contributed by atoms with Crippen LogP contribution in [0.25, 0.3) is 11.3 Å². The van der Waals surface area contributed by atoms with Gasteiger partial charge >= 0.3 is 6.18 Å². The molecule has 0 unspecified atom stereocenters. The number of alkyl halides is 3. The maximum atomic E-state index is 12.8. The van der Waals surface area contributed by atoms with Crippen LogP contribution in [0.3, 0.4) is 0 Å². The van der Waals surface area contributed by atoms with Gasteiger partial charge in [-0.25, -0.2) is 4.98 Å². The third kappa shape index (κ3) is 4.61. The number of halogens is 3. The lowest BCUT2D eigenvalue weighted by atomic mass is 9.99. The van der Waals surface area contributed by atoms with Crippen molar-refractivity contribution in [3.05, 3.63) is 64.5 Å². The number of rotatable bonds is 3. The van der Waals surface area contributed by atoms with Crippen LogP contribution in [0, 0.1) is 0 Å². The molecule has 0 saturated carbocycles. The molecule has 3 aromatic rings. The summed E-state index contributed by atoms with van der Waals surface area (Å²) in [6.45, 7) is 7.69. The standard InChI is InChI=1S/C23H23F3N2OS/c1-22(2,3)29-19-9-6-17-13-28(11-10-16(17)12-19)21-27-20(14-30-21)15-4-7-18(8-5-15)23(24,25)26/h4-9,12,14H,10-11,13H2,1-3H3. The lowest BCUT2D eigenvalue weighted by Gasteiger charge is -2.29. The molecule has 0 saturated heterocycles. The first kappa shape index (κ1) is 20.7. The minimum atomic E-state index is -4.33. The number of anilines is 1. The van der Waals surface area contributed by atoms with E-state index < -0.39 is 11.7 Å². The summed E-state index contributed by atoms with van der Waals surface area (Å²) in [5.74, 6) is 0.883. The number of hydrogen-bond donors (Lipinski definition) is 0. The lowest BCUT2D eigenvalue weighted by molar-refractivity contribution is -0.137. The van der Waals surface area contributed by atoms with Crippen LogP contribution in [0.15, 0.2) is 47.8 Å². The van der Waals surface area contributed by atoms with Gasteiger partial charge in [0, 0.05) is 24.0 Å². The zero-order valence-electron chi connectivity index (χ0n) is 17.1. The van der Waals surface area contributed by atoms with E-state index in [2.05, 4.69) is 22.0 Å². The molecule has 2 aromatic carbocycles. The predicted molar refractivity (Wildman–Crippen MR) is 114 cm³/mol. The molecule has 0 bridgehead atoms. The minimum absolute atomic E-state index is 0.232. The van der Waals surface area contributed by atoms with Crippen molar-refractivity contribution in [3.8, 4) is 17.0 Å². The van der Waals surface area contributed by atoms with Crippen LogP contribution in [0.4, 0.5) is 18.3 Å². The van der Waals surface area contributed by atoms with Gasteiger partial charge in [0.2, 0.25) is 0 Å². The molecule has 0 N–H and O–H groups in total. The average molecular weight is 433 g/mol. The molecular weight excluding hydrogens is 409 g/mol. The number of aromatic nitrogens is 1. The Balaban J connectivity index is 1.49. The van der Waals surface area contributed by atoms with E-state index in [1.807, 2.05) is 32.2 Å². The second kappa shape index (κ2) is 7.61. The Morgan fingerprint density at radius 1 is 1.00 bits per heavy atom. The van der Waals surface area contributed by atoms with E-state index in [1.54, 1.807) is 0 Å². The highest BCUT2D eigenvalue weighted by molar-refractivity contribution is 7.14. The van der Waals surface area contributed by atoms with E-state index in [-0.39, 0.29) is 5.60 Å². The predicted octanol–water partition coefficient (Wildman–Crippen LogP) is 6.57. The summed E-state index contributed by atoms with van der Waals surface area (Å²) in [5, 5.41) is 2.78. The quantitative estimate of drug-likeness (QED) is 0.468. The molecule has 1 aliphatic heterocycles. The Morgan fingerprint density at radius 3 is 2.40 bits per heavy atom. The normalized spacial score (nSPS) is 14.5. The maximum absolute atomic E-state index is 12.8. The minimum Gasteiger partial charge on any atom is -0.488 e. The van der Waals surface area contributed by atoms with Gasteiger partial charge in [0.25, 0.3) is 0 Å². The number of ether oxygens (including phenoxy) is 1. The summed E-state index contributed by atoms with van der Waals surface area (Å²) in [6, 6.07) is 11.4. The highest BCUT2D eigenvalue weighted by Gasteiger charge is 2.30. The summed E-state index contributed by atoms with van der Waals surface area (Å²) in [4.78, 5) is 6.89. The molecule has 1 aromatic heterocycles. The van der Waals surface area contributed by atoms with Crippen molar-refractivity contribution >= 4 is 16.5 Å². The van der Waals surface area contributed by atoms with Crippen molar-refractivity contribution in [1.29, 1.82) is 0 Å². The molecule has 30 heavy (non-hydrogen) atoms. The number of benzene rings is 2. The highest BCUT2D eigenvalue weighted by Crippen LogP contribution is 2.34. The molecule has 0 atom stereocenters. The van der Waals surface area contributed by atoms with Crippen molar-refractivity contribution in [2.75, 3.05) is 11.4 Å². The third-order valence-electron chi connectivity index (χ3n) is 4.88. The lowest BCUT2D eigenvalue weighted by Crippen LogP contribution is -2.30. The molecule has 0 radical (unpaired) electrons. The van der Waals surface area contributed by atoms with Crippen LogP contribution >= 0.6 is 11.3 Å². The molecule has 0 aliphatic carbocycles. The van der Waals surface area contributed by atoms with E-state index in [0.29, 0.717) is 11.3 Å². The van der Waals surface area contributed by atoms with Gasteiger partial charge in [0.05, 0.1) is 11.3 Å². The maximum Gasteiger partial charge on any atom is 0.416 e. The van der Waals surface area contributed by atoms with E-state index in [4.69, 9.17) is 4.74 Å². The zero-order chi connectivity index (χ0) is 21.5. The Hall–Kier alpha value is -2.54. The number of nitrogens with zero attached hydrogens (tertiary/aromatic N) is 2. The van der Waals surface area contributed by atoms with Crippen LogP contribution in [-0.2, 0) is 19.1 Å². The van der Waals surface area contributed by atoms with Gasteiger partial charge < -0.3 is 9.64 Å². The van der Waals surface area contributed by atoms with Crippen LogP contribution in [-0.4, -0.2) is 17.1 Å². The third-order valence-corrected chi connectivity index (χ3v) is 5.79. The SMILES string of the molecule is CC(C)(C)Oc1ccc2c(c1)CCN(c1nc(-c3ccc(C(F)(F)F)cc3)cs1)C2. The fraction of sp³-hybridized carbons (Fsp3) is 0.348. The van der Waals surface area contributed by atoms with Gasteiger partial charge in [0.15, 0.2) is 5.13 Å². The molecule has 158 valence electrons. The molecule has 0 amide bonds. The molecule has 4 rings (SSSR count). The van der Waals surface area contributed by atoms with E-state index >= 15 is 0 Å². The number of hydrogen-bond acceptors (Lipinski definition) is 4. The number of fused-ring (bicyclic) bond motifs is 1. The highest BCUT2D eigenvalue weighted by atomic mass is 32.1. The number of thiazole rings is 1. The van der Waals surface area contributed by atoms with Crippen molar-refractivity contribution in [2.45, 2.75) is 45.5 Å². The van der Waals surface area contributed by atoms with E-state index in [1.165, 1.54) is 34.6 Å². The fourth-order valence-corrected chi connectivity index (χ4v) is 4.34. The topological polar surface area (TPSA) is 25.4 Å². The van der Waals surface area contributed by atoms with E-state index in [0.717, 1.165) is 42.5 Å². The Morgan fingerprint density at radius 2 is 1.73 bits per heavy atom. The molecule has 0 spiro atoms. The zero-order valence-corrected chi connectivity index (χ0v) is 17.9. The summed E-state index contributed by atoms with van der Waals surface area (Å²) in [6.07, 6.45) is -3.43.